The zero-order chi connectivity index (χ0) is 32.9. The van der Waals surface area contributed by atoms with Crippen LogP contribution in [0.25, 0.3) is 82.8 Å². The van der Waals surface area contributed by atoms with Crippen molar-refractivity contribution in [3.05, 3.63) is 187 Å². The standard InChI is InChI=1S/C48H35N/c1-32-21-22-38(29-33(32)2)48-42-20-12-11-19-41(42)47(39-24-23-34-13-9-10-18-37(34)30-39)43-26-25-40(31-44(43)48)49-45(35-14-5-3-6-15-35)27-28-46(49)36-16-7-4-8-17-36/h3-31H,1-2H3. The van der Waals surface area contributed by atoms with Gasteiger partial charge >= 0.3 is 0 Å². The van der Waals surface area contributed by atoms with Crippen molar-refractivity contribution >= 4 is 32.3 Å². The second-order valence-corrected chi connectivity index (χ2v) is 13.1. The Labute approximate surface area is 287 Å². The van der Waals surface area contributed by atoms with Crippen LogP contribution in [0.1, 0.15) is 11.1 Å². The number of benzene rings is 8. The van der Waals surface area contributed by atoms with Crippen molar-refractivity contribution < 1.29 is 0 Å². The van der Waals surface area contributed by atoms with Gasteiger partial charge in [0.15, 0.2) is 0 Å². The third-order valence-electron chi connectivity index (χ3n) is 10.1. The summed E-state index contributed by atoms with van der Waals surface area (Å²) in [7, 11) is 0. The van der Waals surface area contributed by atoms with Gasteiger partial charge in [-0.1, -0.05) is 146 Å². The molecular formula is C48H35N. The minimum absolute atomic E-state index is 1.14. The molecule has 0 unspecified atom stereocenters. The Balaban J connectivity index is 1.40. The molecule has 0 aliphatic carbocycles. The van der Waals surface area contributed by atoms with Crippen molar-refractivity contribution in [3.63, 3.8) is 0 Å². The fraction of sp³-hybridized carbons (Fsp3) is 0.0417. The Morgan fingerprint density at radius 1 is 0.327 bits per heavy atom. The highest BCUT2D eigenvalue weighted by molar-refractivity contribution is 6.22. The summed E-state index contributed by atoms with van der Waals surface area (Å²) in [4.78, 5) is 0. The van der Waals surface area contributed by atoms with Gasteiger partial charge in [0, 0.05) is 5.69 Å². The lowest BCUT2D eigenvalue weighted by Gasteiger charge is -2.21. The Bertz CT molecular complexity index is 2600. The fourth-order valence-corrected chi connectivity index (χ4v) is 7.55. The highest BCUT2D eigenvalue weighted by Crippen LogP contribution is 2.45. The molecule has 1 nitrogen and oxygen atoms in total. The van der Waals surface area contributed by atoms with E-state index in [2.05, 4.69) is 194 Å². The summed E-state index contributed by atoms with van der Waals surface area (Å²) in [6, 6.07) is 64.5. The predicted octanol–water partition coefficient (Wildman–Crippen LogP) is 13.2. The number of hydrogen-bond donors (Lipinski definition) is 0. The van der Waals surface area contributed by atoms with Crippen molar-refractivity contribution in [2.45, 2.75) is 13.8 Å². The van der Waals surface area contributed by atoms with E-state index in [1.54, 1.807) is 0 Å². The average Bonchev–Trinajstić information content (AvgIpc) is 3.61. The van der Waals surface area contributed by atoms with Crippen LogP contribution in [-0.4, -0.2) is 4.57 Å². The lowest BCUT2D eigenvalue weighted by atomic mass is 9.85. The second kappa shape index (κ2) is 11.8. The lowest BCUT2D eigenvalue weighted by Crippen LogP contribution is -2.00. The summed E-state index contributed by atoms with van der Waals surface area (Å²) in [6.45, 7) is 4.41. The molecule has 9 aromatic rings. The Kier molecular flexibility index (Phi) is 6.99. The van der Waals surface area contributed by atoms with E-state index in [0.29, 0.717) is 0 Å². The van der Waals surface area contributed by atoms with Crippen LogP contribution >= 0.6 is 0 Å². The molecule has 0 saturated heterocycles. The first-order chi connectivity index (χ1) is 24.1. The SMILES string of the molecule is Cc1ccc(-c2c3ccccc3c(-c3ccc4ccccc4c3)c3ccc(-n4c(-c5ccccc5)ccc4-c4ccccc4)cc23)cc1C. The molecule has 0 saturated carbocycles. The highest BCUT2D eigenvalue weighted by atomic mass is 15.0. The van der Waals surface area contributed by atoms with E-state index < -0.39 is 0 Å². The van der Waals surface area contributed by atoms with Crippen LogP contribution in [0.4, 0.5) is 0 Å². The summed E-state index contributed by atoms with van der Waals surface area (Å²) in [5.41, 5.74) is 13.5. The van der Waals surface area contributed by atoms with Gasteiger partial charge in [0.25, 0.3) is 0 Å². The van der Waals surface area contributed by atoms with Gasteiger partial charge < -0.3 is 4.57 Å². The molecule has 0 N–H and O–H groups in total. The van der Waals surface area contributed by atoms with E-state index in [0.717, 1.165) is 5.69 Å². The van der Waals surface area contributed by atoms with Crippen molar-refractivity contribution in [2.75, 3.05) is 0 Å². The summed E-state index contributed by atoms with van der Waals surface area (Å²) >= 11 is 0. The number of aryl methyl sites for hydroxylation is 2. The topological polar surface area (TPSA) is 4.93 Å². The Morgan fingerprint density at radius 2 is 0.857 bits per heavy atom. The smallest absolute Gasteiger partial charge is 0.0535 e. The van der Waals surface area contributed by atoms with Crippen LogP contribution in [-0.2, 0) is 0 Å². The van der Waals surface area contributed by atoms with Crippen LogP contribution in [0.15, 0.2) is 176 Å². The van der Waals surface area contributed by atoms with Gasteiger partial charge in [0.2, 0.25) is 0 Å². The maximum Gasteiger partial charge on any atom is 0.0535 e. The monoisotopic (exact) mass is 625 g/mol. The highest BCUT2D eigenvalue weighted by Gasteiger charge is 2.20. The molecule has 0 spiro atoms. The number of hydrogen-bond acceptors (Lipinski definition) is 0. The minimum atomic E-state index is 1.14. The molecule has 0 aliphatic heterocycles. The van der Waals surface area contributed by atoms with Gasteiger partial charge in [-0.15, -0.1) is 0 Å². The third-order valence-corrected chi connectivity index (χ3v) is 10.1. The van der Waals surface area contributed by atoms with Crippen molar-refractivity contribution in [3.8, 4) is 50.5 Å². The summed E-state index contributed by atoms with van der Waals surface area (Å²) in [5, 5.41) is 7.53. The van der Waals surface area contributed by atoms with Gasteiger partial charge in [-0.2, -0.15) is 0 Å². The van der Waals surface area contributed by atoms with E-state index in [1.165, 1.54) is 88.2 Å². The number of fused-ring (bicyclic) bond motifs is 3. The predicted molar refractivity (Wildman–Crippen MR) is 210 cm³/mol. The molecule has 0 aliphatic rings. The number of aromatic nitrogens is 1. The lowest BCUT2D eigenvalue weighted by molar-refractivity contribution is 1.10. The molecular weight excluding hydrogens is 591 g/mol. The van der Waals surface area contributed by atoms with E-state index in [1.807, 2.05) is 0 Å². The molecule has 0 bridgehead atoms. The number of nitrogens with zero attached hydrogens (tertiary/aromatic N) is 1. The van der Waals surface area contributed by atoms with E-state index in [9.17, 15) is 0 Å². The maximum atomic E-state index is 2.43. The molecule has 232 valence electrons. The van der Waals surface area contributed by atoms with Gasteiger partial charge in [0.1, 0.15) is 0 Å². The van der Waals surface area contributed by atoms with Gasteiger partial charge in [-0.25, -0.2) is 0 Å². The minimum Gasteiger partial charge on any atom is -0.309 e. The quantitative estimate of drug-likeness (QED) is 0.168. The largest absolute Gasteiger partial charge is 0.309 e. The Morgan fingerprint density at radius 3 is 1.51 bits per heavy atom. The summed E-state index contributed by atoms with van der Waals surface area (Å²) < 4.78 is 2.43. The molecule has 9 rings (SSSR count). The second-order valence-electron chi connectivity index (χ2n) is 13.1. The van der Waals surface area contributed by atoms with Gasteiger partial charge in [0.05, 0.1) is 11.4 Å². The van der Waals surface area contributed by atoms with Crippen LogP contribution in [0, 0.1) is 13.8 Å². The molecule has 49 heavy (non-hydrogen) atoms. The van der Waals surface area contributed by atoms with Crippen LogP contribution in [0.3, 0.4) is 0 Å². The maximum absolute atomic E-state index is 2.43. The summed E-state index contributed by atoms with van der Waals surface area (Å²) in [5.74, 6) is 0. The molecule has 1 aromatic heterocycles. The molecule has 8 aromatic carbocycles. The van der Waals surface area contributed by atoms with Crippen LogP contribution in [0.2, 0.25) is 0 Å². The summed E-state index contributed by atoms with van der Waals surface area (Å²) in [6.07, 6.45) is 0. The molecule has 0 fully saturated rings. The van der Waals surface area contributed by atoms with Crippen molar-refractivity contribution in [2.24, 2.45) is 0 Å². The van der Waals surface area contributed by atoms with Crippen molar-refractivity contribution in [1.82, 2.24) is 4.57 Å². The molecule has 0 amide bonds. The average molecular weight is 626 g/mol. The first kappa shape index (κ1) is 29.0. The molecule has 1 heteroatoms. The molecule has 0 atom stereocenters. The zero-order valence-corrected chi connectivity index (χ0v) is 27.7. The van der Waals surface area contributed by atoms with Gasteiger partial charge in [-0.05, 0) is 121 Å². The first-order valence-corrected chi connectivity index (χ1v) is 17.0. The molecule has 1 heterocycles. The number of rotatable bonds is 5. The van der Waals surface area contributed by atoms with E-state index in [4.69, 9.17) is 0 Å². The zero-order valence-electron chi connectivity index (χ0n) is 27.7. The first-order valence-electron chi connectivity index (χ1n) is 17.0. The van der Waals surface area contributed by atoms with Crippen LogP contribution < -0.4 is 0 Å². The fourth-order valence-electron chi connectivity index (χ4n) is 7.55. The van der Waals surface area contributed by atoms with Crippen LogP contribution in [0.5, 0.6) is 0 Å². The third kappa shape index (κ3) is 4.94. The molecule has 0 radical (unpaired) electrons. The Hall–Kier alpha value is -6.18. The van der Waals surface area contributed by atoms with Gasteiger partial charge in [-0.3, -0.25) is 0 Å². The van der Waals surface area contributed by atoms with E-state index >= 15 is 0 Å². The van der Waals surface area contributed by atoms with E-state index in [-0.39, 0.29) is 0 Å². The van der Waals surface area contributed by atoms with Crippen molar-refractivity contribution in [1.29, 1.82) is 0 Å². The normalized spacial score (nSPS) is 11.5.